The van der Waals surface area contributed by atoms with Gasteiger partial charge in [0.1, 0.15) is 11.5 Å². The summed E-state index contributed by atoms with van der Waals surface area (Å²) in [4.78, 5) is 0. The summed E-state index contributed by atoms with van der Waals surface area (Å²) in [6, 6.07) is 5.13. The van der Waals surface area contributed by atoms with E-state index in [0.29, 0.717) is 12.4 Å². The highest BCUT2D eigenvalue weighted by atomic mass is 31.3. The second-order valence-electron chi connectivity index (χ2n) is 3.65. The molecule has 5 nitrogen and oxygen atoms in total. The van der Waals surface area contributed by atoms with Gasteiger partial charge < -0.3 is 9.26 Å². The van der Waals surface area contributed by atoms with E-state index in [2.05, 4.69) is 13.6 Å². The van der Waals surface area contributed by atoms with Gasteiger partial charge in [0, 0.05) is 0 Å². The van der Waals surface area contributed by atoms with Gasteiger partial charge in [-0.1, -0.05) is 0 Å². The van der Waals surface area contributed by atoms with Crippen LogP contribution >= 0.6 is 23.4 Å². The van der Waals surface area contributed by atoms with Gasteiger partial charge in [-0.3, -0.25) is 0 Å². The molecule has 0 saturated carbocycles. The lowest BCUT2D eigenvalue weighted by Crippen LogP contribution is -1.91. The summed E-state index contributed by atoms with van der Waals surface area (Å²) in [5.74, 6) is 0.183. The van der Waals surface area contributed by atoms with Crippen LogP contribution in [0.5, 0.6) is 11.5 Å². The molecule has 0 N–H and O–H groups in total. The van der Waals surface area contributed by atoms with Gasteiger partial charge in [0.15, 0.2) is 0 Å². The minimum Gasteiger partial charge on any atom is -0.494 e. The van der Waals surface area contributed by atoms with Gasteiger partial charge in [0.05, 0.1) is 6.61 Å². The van der Waals surface area contributed by atoms with Crippen molar-refractivity contribution in [2.75, 3.05) is 6.61 Å². The first kappa shape index (κ1) is 16.5. The van der Waals surface area contributed by atoms with E-state index < -0.39 is 23.4 Å². The number of nitrogens with zero attached hydrogens (tertiary/aromatic N) is 3. The van der Waals surface area contributed by atoms with Crippen LogP contribution in [0, 0.1) is 0 Å². The molecule has 0 aromatic heterocycles. The first-order chi connectivity index (χ1) is 9.63. The molecule has 2 rings (SSSR count). The van der Waals surface area contributed by atoms with Crippen molar-refractivity contribution in [2.45, 2.75) is 6.92 Å². The van der Waals surface area contributed by atoms with Crippen molar-refractivity contribution in [3.05, 3.63) is 24.3 Å². The molecule has 0 spiro atoms. The van der Waals surface area contributed by atoms with Crippen LogP contribution in [0.1, 0.15) is 6.92 Å². The molecule has 0 fully saturated rings. The third-order valence-electron chi connectivity index (χ3n) is 2.01. The highest BCUT2D eigenvalue weighted by Gasteiger charge is 2.41. The molecular weight excluding hydrogens is 358 g/mol. The standard InChI is InChI=1S/C8H9F5N3O2P3/c1-2-17-7-3-5-8(6-4-7)18-21(13)15-19(9,10)14-20(11,12)16-21/h3-6H,2H2,1H3. The highest BCUT2D eigenvalue weighted by Crippen LogP contribution is 2.81. The van der Waals surface area contributed by atoms with Gasteiger partial charge in [-0.15, -0.1) is 34.5 Å². The summed E-state index contributed by atoms with van der Waals surface area (Å²) in [5.41, 5.74) is 0. The molecule has 1 aromatic carbocycles. The zero-order chi connectivity index (χ0) is 15.7. The summed E-state index contributed by atoms with van der Waals surface area (Å²) < 4.78 is 82.5. The van der Waals surface area contributed by atoms with Crippen molar-refractivity contribution in [3.63, 3.8) is 0 Å². The fourth-order valence-electron chi connectivity index (χ4n) is 1.38. The summed E-state index contributed by atoms with van der Waals surface area (Å²) in [5, 5.41) is 0. The van der Waals surface area contributed by atoms with Crippen LogP contribution in [0.2, 0.25) is 0 Å². The van der Waals surface area contributed by atoms with E-state index in [1.807, 2.05) is 4.52 Å². The predicted molar refractivity (Wildman–Crippen MR) is 71.8 cm³/mol. The largest absolute Gasteiger partial charge is 0.494 e. The van der Waals surface area contributed by atoms with Crippen LogP contribution in [-0.2, 0) is 0 Å². The molecule has 1 unspecified atom stereocenters. The number of rotatable bonds is 4. The van der Waals surface area contributed by atoms with E-state index in [0.717, 1.165) is 0 Å². The fourth-order valence-corrected chi connectivity index (χ4v) is 6.62. The topological polar surface area (TPSA) is 55.5 Å². The van der Waals surface area contributed by atoms with Crippen LogP contribution in [0.25, 0.3) is 0 Å². The minimum absolute atomic E-state index is 0.247. The van der Waals surface area contributed by atoms with Crippen molar-refractivity contribution in [1.29, 1.82) is 0 Å². The Hall–Kier alpha value is -0.840. The van der Waals surface area contributed by atoms with Gasteiger partial charge in [-0.2, -0.15) is 0 Å². The Bertz CT molecular complexity index is 688. The SMILES string of the molecule is CCOc1ccc(OP2(F)=NP(F)(F)=NP(F)(F)=N2)cc1. The van der Waals surface area contributed by atoms with E-state index >= 15 is 0 Å². The predicted octanol–water partition coefficient (Wildman–Crippen LogP) is 7.16. The number of hydrogen-bond acceptors (Lipinski definition) is 5. The lowest BCUT2D eigenvalue weighted by molar-refractivity contribution is 0.340. The fraction of sp³-hybridized carbons (Fsp3) is 0.250. The van der Waals surface area contributed by atoms with Crippen LogP contribution < -0.4 is 9.26 Å². The average Bonchev–Trinajstić information content (AvgIpc) is 2.26. The van der Waals surface area contributed by atoms with Crippen molar-refractivity contribution >= 4 is 23.4 Å². The van der Waals surface area contributed by atoms with E-state index in [4.69, 9.17) is 4.74 Å². The quantitative estimate of drug-likeness (QED) is 0.419. The highest BCUT2D eigenvalue weighted by molar-refractivity contribution is 7.77. The molecule has 13 heteroatoms. The number of halogens is 5. The third kappa shape index (κ3) is 4.56. The lowest BCUT2D eigenvalue weighted by Gasteiger charge is -2.17. The maximum Gasteiger partial charge on any atom is 0.441 e. The lowest BCUT2D eigenvalue weighted by atomic mass is 10.3. The van der Waals surface area contributed by atoms with Crippen molar-refractivity contribution in [2.24, 2.45) is 13.5 Å². The molecule has 0 saturated heterocycles. The van der Waals surface area contributed by atoms with Crippen LogP contribution in [0.3, 0.4) is 0 Å². The molecule has 0 bridgehead atoms. The zero-order valence-electron chi connectivity index (χ0n) is 10.4. The van der Waals surface area contributed by atoms with Crippen molar-refractivity contribution < 1.29 is 30.2 Å². The second-order valence-corrected chi connectivity index (χ2v) is 8.75. The first-order valence-electron chi connectivity index (χ1n) is 5.45. The summed E-state index contributed by atoms with van der Waals surface area (Å²) >= 11 is 0. The van der Waals surface area contributed by atoms with Gasteiger partial charge >= 0.3 is 23.4 Å². The molecule has 0 aliphatic carbocycles. The molecule has 21 heavy (non-hydrogen) atoms. The molecule has 118 valence electrons. The normalized spacial score (nSPS) is 26.0. The average molecular weight is 367 g/mol. The van der Waals surface area contributed by atoms with Crippen LogP contribution in [0.15, 0.2) is 37.8 Å². The van der Waals surface area contributed by atoms with Crippen LogP contribution in [0.4, 0.5) is 21.0 Å². The Morgan fingerprint density at radius 1 is 0.857 bits per heavy atom. The van der Waals surface area contributed by atoms with Gasteiger partial charge in [0.2, 0.25) is 0 Å². The van der Waals surface area contributed by atoms with Crippen molar-refractivity contribution in [3.8, 4) is 11.5 Å². The third-order valence-corrected chi connectivity index (χ3v) is 7.66. The van der Waals surface area contributed by atoms with Crippen LogP contribution in [-0.4, -0.2) is 6.61 Å². The minimum atomic E-state index is -5.76. The summed E-state index contributed by atoms with van der Waals surface area (Å²) in [6.45, 7) is 2.13. The molecule has 1 aromatic rings. The Balaban J connectivity index is 2.32. The van der Waals surface area contributed by atoms with E-state index in [1.165, 1.54) is 24.3 Å². The number of benzene rings is 1. The van der Waals surface area contributed by atoms with E-state index in [9.17, 15) is 21.0 Å². The Kier molecular flexibility index (Phi) is 4.52. The second kappa shape index (κ2) is 5.75. The maximum absolute atomic E-state index is 14.1. The van der Waals surface area contributed by atoms with Crippen molar-refractivity contribution in [1.82, 2.24) is 0 Å². The monoisotopic (exact) mass is 367 g/mol. The molecule has 1 atom stereocenters. The zero-order valence-corrected chi connectivity index (χ0v) is 13.1. The molecule has 0 amide bonds. The maximum atomic E-state index is 14.1. The molecular formula is C8H9F5N3O2P3. The number of ether oxygens (including phenoxy) is 1. The summed E-state index contributed by atoms with van der Waals surface area (Å²) in [6.07, 6.45) is 0. The van der Waals surface area contributed by atoms with Gasteiger partial charge in [-0.05, 0) is 31.2 Å². The molecule has 0 radical (unpaired) electrons. The van der Waals surface area contributed by atoms with E-state index in [1.54, 1.807) is 6.92 Å². The smallest absolute Gasteiger partial charge is 0.441 e. The summed E-state index contributed by atoms with van der Waals surface area (Å²) in [7, 11) is -16.7. The Labute approximate surface area is 117 Å². The number of hydrogen-bond donors (Lipinski definition) is 0. The van der Waals surface area contributed by atoms with Gasteiger partial charge in [-0.25, -0.2) is 0 Å². The van der Waals surface area contributed by atoms with E-state index in [-0.39, 0.29) is 5.75 Å². The molecule has 1 aliphatic rings. The van der Waals surface area contributed by atoms with Gasteiger partial charge in [0.25, 0.3) is 0 Å². The molecule has 1 aliphatic heterocycles. The molecule has 1 heterocycles. The first-order valence-corrected chi connectivity index (χ1v) is 9.91. The Morgan fingerprint density at radius 2 is 1.38 bits per heavy atom. The Morgan fingerprint density at radius 3 is 1.90 bits per heavy atom.